The summed E-state index contributed by atoms with van der Waals surface area (Å²) in [6.07, 6.45) is 1.90. The maximum absolute atomic E-state index is 5.21. The van der Waals surface area contributed by atoms with Crippen LogP contribution in [0.15, 0.2) is 222 Å². The molecular weight excluding hydrogens is 747 g/mol. The summed E-state index contributed by atoms with van der Waals surface area (Å²) in [5.74, 6) is 0.695. The molecule has 3 heterocycles. The number of pyridine rings is 1. The van der Waals surface area contributed by atoms with E-state index in [1.165, 1.54) is 54.3 Å². The van der Waals surface area contributed by atoms with Crippen LogP contribution in [-0.2, 0) is 5.41 Å². The van der Waals surface area contributed by atoms with Crippen molar-refractivity contribution in [2.45, 2.75) is 15.2 Å². The van der Waals surface area contributed by atoms with Gasteiger partial charge in [0.05, 0.1) is 22.3 Å². The lowest BCUT2D eigenvalue weighted by molar-refractivity contribution is 0.724. The van der Waals surface area contributed by atoms with E-state index in [4.69, 9.17) is 15.0 Å². The lowest BCUT2D eigenvalue weighted by atomic mass is 9.66. The Balaban J connectivity index is 1.10. The Bertz CT molecular complexity index is 3190. The van der Waals surface area contributed by atoms with Crippen LogP contribution in [0.1, 0.15) is 22.3 Å². The summed E-state index contributed by atoms with van der Waals surface area (Å²) in [5, 5.41) is 1.13. The quantitative estimate of drug-likeness (QED) is 0.174. The predicted octanol–water partition coefficient (Wildman–Crippen LogP) is 14.2. The van der Waals surface area contributed by atoms with Gasteiger partial charge in [0.2, 0.25) is 0 Å². The van der Waals surface area contributed by atoms with Gasteiger partial charge in [-0.25, -0.2) is 9.97 Å². The average molecular weight is 782 g/mol. The van der Waals surface area contributed by atoms with E-state index in [-0.39, 0.29) is 0 Å². The van der Waals surface area contributed by atoms with E-state index in [1.54, 1.807) is 0 Å². The van der Waals surface area contributed by atoms with Gasteiger partial charge in [0.25, 0.3) is 0 Å². The Hall–Kier alpha value is -7.40. The molecule has 0 radical (unpaired) electrons. The third kappa shape index (κ3) is 5.28. The Labute approximate surface area is 353 Å². The first-order chi connectivity index (χ1) is 29.8. The number of aromatic nitrogens is 3. The molecule has 12 rings (SSSR count). The minimum absolute atomic E-state index is 0.539. The van der Waals surface area contributed by atoms with Crippen molar-refractivity contribution in [3.8, 4) is 67.3 Å². The van der Waals surface area contributed by atoms with E-state index in [0.717, 1.165) is 50.1 Å². The predicted molar refractivity (Wildman–Crippen MR) is 246 cm³/mol. The molecule has 0 unspecified atom stereocenters. The van der Waals surface area contributed by atoms with Crippen LogP contribution >= 0.6 is 11.8 Å². The molecule has 60 heavy (non-hydrogen) atoms. The lowest BCUT2D eigenvalue weighted by Gasteiger charge is -2.41. The van der Waals surface area contributed by atoms with Crippen LogP contribution in [0.3, 0.4) is 0 Å². The molecular formula is C56H35N3S. The molecule has 0 atom stereocenters. The largest absolute Gasteiger partial charge is 0.256 e. The fourth-order valence-corrected chi connectivity index (χ4v) is 11.1. The van der Waals surface area contributed by atoms with Gasteiger partial charge in [-0.15, -0.1) is 0 Å². The van der Waals surface area contributed by atoms with Gasteiger partial charge in [-0.2, -0.15) is 0 Å². The second-order valence-corrected chi connectivity index (χ2v) is 16.5. The topological polar surface area (TPSA) is 38.7 Å². The molecule has 0 bridgehead atoms. The van der Waals surface area contributed by atoms with Gasteiger partial charge in [-0.3, -0.25) is 4.98 Å². The molecule has 1 aliphatic heterocycles. The summed E-state index contributed by atoms with van der Waals surface area (Å²) >= 11 is 1.89. The van der Waals surface area contributed by atoms with E-state index in [0.29, 0.717) is 5.82 Å². The molecule has 0 saturated heterocycles. The van der Waals surface area contributed by atoms with Crippen LogP contribution in [-0.4, -0.2) is 15.0 Å². The number of hydrogen-bond acceptors (Lipinski definition) is 4. The second kappa shape index (κ2) is 13.9. The van der Waals surface area contributed by atoms with Gasteiger partial charge in [0.1, 0.15) is 0 Å². The zero-order valence-electron chi connectivity index (χ0n) is 32.5. The number of fused-ring (bicyclic) bond motifs is 10. The van der Waals surface area contributed by atoms with Gasteiger partial charge in [-0.1, -0.05) is 200 Å². The number of rotatable bonds is 5. The average Bonchev–Trinajstić information content (AvgIpc) is 3.62. The summed E-state index contributed by atoms with van der Waals surface area (Å²) in [4.78, 5) is 17.9. The fourth-order valence-electron chi connectivity index (χ4n) is 9.62. The molecule has 3 nitrogen and oxygen atoms in total. The number of hydrogen-bond donors (Lipinski definition) is 0. The standard InChI is InChI=1S/C56H35N3S/c1-3-16-36(17-4-1)50-35-51(37-18-5-2-6-19-37)59-55(58-50)40-22-11-21-39(34-40)41-26-13-31-48-53(41)60-54-45(44-27-12-20-38-23-15-33-57-52(38)44)28-14-32-49(54)56(48)46-29-9-7-24-42(46)43-25-8-10-30-47(43)56/h1-35H. The molecule has 2 aromatic heterocycles. The zero-order valence-corrected chi connectivity index (χ0v) is 33.3. The lowest BCUT2D eigenvalue weighted by Crippen LogP contribution is -2.32. The number of para-hydroxylation sites is 1. The SMILES string of the molecule is c1ccc(-c2cc(-c3ccccc3)nc(-c3cccc(-c4cccc5c4Sc4c(-c6cccc7cccnc67)cccc4C54c5ccccc5-c5ccccc54)c3)n2)cc1. The van der Waals surface area contributed by atoms with Crippen molar-refractivity contribution in [2.75, 3.05) is 0 Å². The normalized spacial score (nSPS) is 13.1. The second-order valence-electron chi connectivity index (χ2n) is 15.5. The van der Waals surface area contributed by atoms with Gasteiger partial charge in [0, 0.05) is 43.6 Å². The van der Waals surface area contributed by atoms with E-state index >= 15 is 0 Å². The first kappa shape index (κ1) is 34.6. The molecule has 0 amide bonds. The molecule has 0 fully saturated rings. The molecule has 10 aromatic rings. The molecule has 280 valence electrons. The maximum Gasteiger partial charge on any atom is 0.160 e. The van der Waals surface area contributed by atoms with Crippen molar-refractivity contribution in [1.82, 2.24) is 15.0 Å². The van der Waals surface area contributed by atoms with Crippen molar-refractivity contribution in [2.24, 2.45) is 0 Å². The highest BCUT2D eigenvalue weighted by atomic mass is 32.2. The third-order valence-electron chi connectivity index (χ3n) is 12.2. The third-order valence-corrected chi connectivity index (χ3v) is 13.5. The number of benzene rings is 8. The molecule has 0 saturated carbocycles. The summed E-state index contributed by atoms with van der Waals surface area (Å²) in [6.45, 7) is 0. The number of nitrogens with zero attached hydrogens (tertiary/aromatic N) is 3. The van der Waals surface area contributed by atoms with E-state index in [2.05, 4.69) is 188 Å². The van der Waals surface area contributed by atoms with Crippen molar-refractivity contribution >= 4 is 22.7 Å². The highest BCUT2D eigenvalue weighted by Gasteiger charge is 2.51. The summed E-state index contributed by atoms with van der Waals surface area (Å²) < 4.78 is 0. The zero-order chi connectivity index (χ0) is 39.6. The van der Waals surface area contributed by atoms with Crippen LogP contribution in [0.4, 0.5) is 0 Å². The Morgan fingerprint density at radius 2 is 0.833 bits per heavy atom. The van der Waals surface area contributed by atoms with Crippen LogP contribution in [0.2, 0.25) is 0 Å². The van der Waals surface area contributed by atoms with E-state index in [9.17, 15) is 0 Å². The van der Waals surface area contributed by atoms with Crippen LogP contribution in [0.25, 0.3) is 78.2 Å². The smallest absolute Gasteiger partial charge is 0.160 e. The Kier molecular flexibility index (Phi) is 8.00. The molecule has 1 aliphatic carbocycles. The van der Waals surface area contributed by atoms with Crippen LogP contribution < -0.4 is 0 Å². The molecule has 2 aliphatic rings. The van der Waals surface area contributed by atoms with E-state index < -0.39 is 5.41 Å². The summed E-state index contributed by atoms with van der Waals surface area (Å²) in [5.41, 5.74) is 17.8. The molecule has 0 N–H and O–H groups in total. The fraction of sp³-hybridized carbons (Fsp3) is 0.0179. The van der Waals surface area contributed by atoms with E-state index in [1.807, 2.05) is 36.2 Å². The van der Waals surface area contributed by atoms with Crippen molar-refractivity contribution in [3.05, 3.63) is 235 Å². The first-order valence-electron chi connectivity index (χ1n) is 20.3. The maximum atomic E-state index is 5.21. The van der Waals surface area contributed by atoms with Crippen molar-refractivity contribution in [3.63, 3.8) is 0 Å². The minimum Gasteiger partial charge on any atom is -0.256 e. The van der Waals surface area contributed by atoms with Crippen LogP contribution in [0, 0.1) is 0 Å². The van der Waals surface area contributed by atoms with Gasteiger partial charge < -0.3 is 0 Å². The summed E-state index contributed by atoms with van der Waals surface area (Å²) in [6, 6.07) is 74.2. The highest BCUT2D eigenvalue weighted by Crippen LogP contribution is 2.64. The Morgan fingerprint density at radius 1 is 0.350 bits per heavy atom. The van der Waals surface area contributed by atoms with Crippen molar-refractivity contribution < 1.29 is 0 Å². The Morgan fingerprint density at radius 3 is 1.52 bits per heavy atom. The van der Waals surface area contributed by atoms with Gasteiger partial charge >= 0.3 is 0 Å². The van der Waals surface area contributed by atoms with Gasteiger partial charge in [0.15, 0.2) is 5.82 Å². The first-order valence-corrected chi connectivity index (χ1v) is 21.2. The molecule has 8 aromatic carbocycles. The molecule has 1 spiro atoms. The minimum atomic E-state index is -0.539. The van der Waals surface area contributed by atoms with Gasteiger partial charge in [-0.05, 0) is 68.3 Å². The monoisotopic (exact) mass is 781 g/mol. The molecule has 4 heteroatoms. The van der Waals surface area contributed by atoms with Crippen molar-refractivity contribution in [1.29, 1.82) is 0 Å². The van der Waals surface area contributed by atoms with Crippen LogP contribution in [0.5, 0.6) is 0 Å². The summed E-state index contributed by atoms with van der Waals surface area (Å²) in [7, 11) is 0. The highest BCUT2D eigenvalue weighted by molar-refractivity contribution is 7.99.